The Morgan fingerprint density at radius 2 is 1.94 bits per heavy atom. The first kappa shape index (κ1) is 11.0. The van der Waals surface area contributed by atoms with Crippen LogP contribution in [0.25, 0.3) is 0 Å². The van der Waals surface area contributed by atoms with Crippen LogP contribution in [0.1, 0.15) is 0 Å². The van der Waals surface area contributed by atoms with Crippen molar-refractivity contribution in [1.29, 1.82) is 0 Å². The Morgan fingerprint density at radius 3 is 2.62 bits per heavy atom. The van der Waals surface area contributed by atoms with E-state index in [0.717, 1.165) is 0 Å². The van der Waals surface area contributed by atoms with Gasteiger partial charge in [-0.1, -0.05) is 23.2 Å². The van der Waals surface area contributed by atoms with E-state index in [9.17, 15) is 0 Å². The number of pyridine rings is 1. The van der Waals surface area contributed by atoms with E-state index in [-0.39, 0.29) is 0 Å². The van der Waals surface area contributed by atoms with Crippen molar-refractivity contribution in [1.82, 2.24) is 4.98 Å². The minimum atomic E-state index is 0.316. The van der Waals surface area contributed by atoms with E-state index in [4.69, 9.17) is 33.7 Å². The standard InChI is InChI=1S/C11H8Cl2N2O/c12-8-2-1-5-15-11(8)16-10-4-3-7(14)6-9(10)13/h1-6H,14H2. The Morgan fingerprint density at radius 1 is 1.12 bits per heavy atom. The summed E-state index contributed by atoms with van der Waals surface area (Å²) in [7, 11) is 0. The van der Waals surface area contributed by atoms with Crippen LogP contribution in [0, 0.1) is 0 Å². The average Bonchev–Trinajstić information content (AvgIpc) is 2.25. The van der Waals surface area contributed by atoms with Crippen LogP contribution in [0.5, 0.6) is 11.6 Å². The van der Waals surface area contributed by atoms with Crippen molar-refractivity contribution in [3.05, 3.63) is 46.6 Å². The van der Waals surface area contributed by atoms with Crippen LogP contribution in [0.4, 0.5) is 5.69 Å². The number of aromatic nitrogens is 1. The Bertz CT molecular complexity index is 517. The number of anilines is 1. The summed E-state index contributed by atoms with van der Waals surface area (Å²) >= 11 is 11.9. The summed E-state index contributed by atoms with van der Waals surface area (Å²) in [6.45, 7) is 0. The highest BCUT2D eigenvalue weighted by atomic mass is 35.5. The number of halogens is 2. The summed E-state index contributed by atoms with van der Waals surface area (Å²) in [5.41, 5.74) is 6.14. The van der Waals surface area contributed by atoms with Crippen LogP contribution in [0.2, 0.25) is 10.0 Å². The van der Waals surface area contributed by atoms with E-state index in [1.165, 1.54) is 0 Å². The molecule has 0 fully saturated rings. The molecule has 1 aromatic heterocycles. The van der Waals surface area contributed by atoms with Crippen LogP contribution in [-0.2, 0) is 0 Å². The molecule has 0 aliphatic carbocycles. The first-order valence-corrected chi connectivity index (χ1v) is 5.26. The van der Waals surface area contributed by atoms with Gasteiger partial charge in [0.25, 0.3) is 0 Å². The Hall–Kier alpha value is -1.45. The number of ether oxygens (including phenoxy) is 1. The zero-order valence-electron chi connectivity index (χ0n) is 8.15. The fourth-order valence-corrected chi connectivity index (χ4v) is 1.54. The maximum Gasteiger partial charge on any atom is 0.238 e. The van der Waals surface area contributed by atoms with Gasteiger partial charge in [0.05, 0.1) is 5.02 Å². The second-order valence-electron chi connectivity index (χ2n) is 3.08. The highest BCUT2D eigenvalue weighted by Crippen LogP contribution is 2.32. The maximum absolute atomic E-state index is 5.96. The van der Waals surface area contributed by atoms with Crippen molar-refractivity contribution in [2.45, 2.75) is 0 Å². The van der Waals surface area contributed by atoms with Crippen LogP contribution in [-0.4, -0.2) is 4.98 Å². The smallest absolute Gasteiger partial charge is 0.238 e. The molecule has 0 aliphatic rings. The van der Waals surface area contributed by atoms with E-state index in [1.807, 2.05) is 0 Å². The van der Waals surface area contributed by atoms with Crippen LogP contribution < -0.4 is 10.5 Å². The fraction of sp³-hybridized carbons (Fsp3) is 0. The van der Waals surface area contributed by atoms with Gasteiger partial charge in [-0.3, -0.25) is 0 Å². The van der Waals surface area contributed by atoms with Crippen LogP contribution in [0.3, 0.4) is 0 Å². The third-order valence-corrected chi connectivity index (χ3v) is 2.47. The number of nitrogen functional groups attached to an aromatic ring is 1. The molecule has 0 aliphatic heterocycles. The largest absolute Gasteiger partial charge is 0.436 e. The average molecular weight is 255 g/mol. The van der Waals surface area contributed by atoms with Gasteiger partial charge in [-0.25, -0.2) is 4.98 Å². The lowest BCUT2D eigenvalue weighted by Crippen LogP contribution is -1.90. The molecular weight excluding hydrogens is 247 g/mol. The number of nitrogens with zero attached hydrogens (tertiary/aromatic N) is 1. The van der Waals surface area contributed by atoms with Gasteiger partial charge in [0.2, 0.25) is 5.88 Å². The molecule has 0 spiro atoms. The minimum Gasteiger partial charge on any atom is -0.436 e. The monoisotopic (exact) mass is 254 g/mol. The number of benzene rings is 1. The summed E-state index contributed by atoms with van der Waals surface area (Å²) in [5.74, 6) is 0.785. The highest BCUT2D eigenvalue weighted by molar-refractivity contribution is 6.32. The van der Waals surface area contributed by atoms with E-state index in [0.29, 0.717) is 27.4 Å². The molecule has 82 valence electrons. The lowest BCUT2D eigenvalue weighted by molar-refractivity contribution is 0.463. The molecule has 2 N–H and O–H groups in total. The molecule has 0 atom stereocenters. The summed E-state index contributed by atoms with van der Waals surface area (Å²) < 4.78 is 5.46. The molecule has 0 saturated carbocycles. The summed E-state index contributed by atoms with van der Waals surface area (Å²) in [5, 5.41) is 0.845. The molecule has 2 aromatic rings. The SMILES string of the molecule is Nc1ccc(Oc2ncccc2Cl)c(Cl)c1. The van der Waals surface area contributed by atoms with Gasteiger partial charge in [0.15, 0.2) is 0 Å². The quantitative estimate of drug-likeness (QED) is 0.831. The number of nitrogens with two attached hydrogens (primary N) is 1. The Balaban J connectivity index is 2.31. The van der Waals surface area contributed by atoms with E-state index in [2.05, 4.69) is 4.98 Å². The van der Waals surface area contributed by atoms with Gasteiger partial charge < -0.3 is 10.5 Å². The van der Waals surface area contributed by atoms with Crippen molar-refractivity contribution in [2.75, 3.05) is 5.73 Å². The third kappa shape index (κ3) is 2.38. The van der Waals surface area contributed by atoms with Gasteiger partial charge >= 0.3 is 0 Å². The predicted octanol–water partition coefficient (Wildman–Crippen LogP) is 3.76. The molecule has 16 heavy (non-hydrogen) atoms. The molecule has 1 heterocycles. The minimum absolute atomic E-state index is 0.316. The summed E-state index contributed by atoms with van der Waals surface area (Å²) in [6.07, 6.45) is 1.59. The third-order valence-electron chi connectivity index (χ3n) is 1.89. The molecule has 5 heteroatoms. The van der Waals surface area contributed by atoms with Crippen molar-refractivity contribution < 1.29 is 4.74 Å². The van der Waals surface area contributed by atoms with Crippen LogP contribution in [0.15, 0.2) is 36.5 Å². The second kappa shape index (κ2) is 4.60. The predicted molar refractivity (Wildman–Crippen MR) is 65.2 cm³/mol. The molecule has 0 radical (unpaired) electrons. The van der Waals surface area contributed by atoms with Crippen molar-refractivity contribution >= 4 is 28.9 Å². The molecule has 0 bridgehead atoms. The molecule has 1 aromatic carbocycles. The number of rotatable bonds is 2. The maximum atomic E-state index is 5.96. The van der Waals surface area contributed by atoms with Crippen LogP contribution >= 0.6 is 23.2 Å². The van der Waals surface area contributed by atoms with Crippen molar-refractivity contribution in [3.8, 4) is 11.6 Å². The summed E-state index contributed by atoms with van der Waals surface area (Å²) in [6, 6.07) is 8.38. The lowest BCUT2D eigenvalue weighted by Gasteiger charge is -2.07. The zero-order valence-corrected chi connectivity index (χ0v) is 9.66. The molecule has 2 rings (SSSR count). The zero-order chi connectivity index (χ0) is 11.5. The Labute approximate surface area is 103 Å². The number of hydrogen-bond acceptors (Lipinski definition) is 3. The van der Waals surface area contributed by atoms with Gasteiger partial charge in [0, 0.05) is 11.9 Å². The van der Waals surface area contributed by atoms with Gasteiger partial charge in [0.1, 0.15) is 10.8 Å². The molecular formula is C11H8Cl2N2O. The first-order valence-electron chi connectivity index (χ1n) is 4.50. The highest BCUT2D eigenvalue weighted by Gasteiger charge is 2.07. The second-order valence-corrected chi connectivity index (χ2v) is 3.90. The van der Waals surface area contributed by atoms with Gasteiger partial charge in [-0.2, -0.15) is 0 Å². The topological polar surface area (TPSA) is 48.1 Å². The first-order chi connectivity index (χ1) is 7.66. The lowest BCUT2D eigenvalue weighted by atomic mass is 10.3. The van der Waals surface area contributed by atoms with E-state index < -0.39 is 0 Å². The normalized spacial score (nSPS) is 10.1. The molecule has 0 unspecified atom stereocenters. The van der Waals surface area contributed by atoms with Gasteiger partial charge in [-0.15, -0.1) is 0 Å². The van der Waals surface area contributed by atoms with E-state index in [1.54, 1.807) is 36.5 Å². The molecule has 3 nitrogen and oxygen atoms in total. The van der Waals surface area contributed by atoms with Crippen molar-refractivity contribution in [3.63, 3.8) is 0 Å². The van der Waals surface area contributed by atoms with Gasteiger partial charge in [-0.05, 0) is 30.3 Å². The Kier molecular flexibility index (Phi) is 3.17. The molecule has 0 amide bonds. The number of hydrogen-bond donors (Lipinski definition) is 1. The van der Waals surface area contributed by atoms with Crippen molar-refractivity contribution in [2.24, 2.45) is 0 Å². The molecule has 0 saturated heterocycles. The van der Waals surface area contributed by atoms with E-state index >= 15 is 0 Å². The fourth-order valence-electron chi connectivity index (χ4n) is 1.15. The summed E-state index contributed by atoms with van der Waals surface area (Å²) in [4.78, 5) is 3.99.